The van der Waals surface area contributed by atoms with Crippen molar-refractivity contribution in [1.29, 1.82) is 5.26 Å². The summed E-state index contributed by atoms with van der Waals surface area (Å²) in [6.07, 6.45) is 1.50. The Morgan fingerprint density at radius 2 is 1.81 bits per heavy atom. The van der Waals surface area contributed by atoms with E-state index in [9.17, 15) is 20.0 Å². The fraction of sp³-hybridized carbons (Fsp3) is 0.0800. The monoisotopic (exact) mass is 411 g/mol. The van der Waals surface area contributed by atoms with E-state index in [4.69, 9.17) is 4.74 Å². The highest BCUT2D eigenvalue weighted by atomic mass is 16.5. The van der Waals surface area contributed by atoms with Gasteiger partial charge in [0.2, 0.25) is 0 Å². The van der Waals surface area contributed by atoms with E-state index in [0.29, 0.717) is 22.6 Å². The first-order chi connectivity index (χ1) is 15.0. The molecule has 3 aromatic carbocycles. The Morgan fingerprint density at radius 1 is 1.06 bits per heavy atom. The van der Waals surface area contributed by atoms with Gasteiger partial charge in [-0.2, -0.15) is 5.26 Å². The number of aromatic carboxylic acids is 1. The van der Waals surface area contributed by atoms with Crippen molar-refractivity contribution >= 4 is 23.6 Å². The number of hydrogen-bond donors (Lipinski definition) is 1. The molecule has 0 saturated carbocycles. The Balaban J connectivity index is 1.65. The maximum Gasteiger partial charge on any atom is 0.266 e. The Hall–Kier alpha value is -4.37. The third kappa shape index (κ3) is 5.81. The van der Waals surface area contributed by atoms with Crippen molar-refractivity contribution in [3.05, 3.63) is 101 Å². The normalized spacial score (nSPS) is 10.8. The highest BCUT2D eigenvalue weighted by molar-refractivity contribution is 6.09. The van der Waals surface area contributed by atoms with Gasteiger partial charge in [0, 0.05) is 5.69 Å². The highest BCUT2D eigenvalue weighted by Crippen LogP contribution is 2.18. The number of ether oxygens (including phenoxy) is 1. The van der Waals surface area contributed by atoms with E-state index in [-0.39, 0.29) is 17.7 Å². The van der Waals surface area contributed by atoms with Crippen molar-refractivity contribution in [3.8, 4) is 11.8 Å². The Labute approximate surface area is 180 Å². The number of hydrogen-bond acceptors (Lipinski definition) is 5. The van der Waals surface area contributed by atoms with E-state index < -0.39 is 11.9 Å². The van der Waals surface area contributed by atoms with Crippen molar-refractivity contribution in [3.63, 3.8) is 0 Å². The molecule has 6 heteroatoms. The molecule has 0 aromatic heterocycles. The lowest BCUT2D eigenvalue weighted by Crippen LogP contribution is -2.22. The average molecular weight is 411 g/mol. The first-order valence-electron chi connectivity index (χ1n) is 9.48. The standard InChI is InChI=1S/C25H20N2O4/c1-17-5-2-3-8-23(17)27-24(28)21(15-26)13-18-9-11-22(12-10-18)31-16-19-6-4-7-20(14-19)25(29)30/h2-14H,16H2,1H3,(H,27,28)(H,29,30)/p-1/b21-13+. The number of benzene rings is 3. The summed E-state index contributed by atoms with van der Waals surface area (Å²) in [5.41, 5.74) is 3.00. The molecule has 0 aliphatic rings. The molecular formula is C25H19N2O4-. The van der Waals surface area contributed by atoms with Gasteiger partial charge in [-0.05, 0) is 59.5 Å². The van der Waals surface area contributed by atoms with Crippen molar-refractivity contribution in [1.82, 2.24) is 0 Å². The maximum atomic E-state index is 12.4. The van der Waals surface area contributed by atoms with Crippen LogP contribution in [0.2, 0.25) is 0 Å². The first-order valence-corrected chi connectivity index (χ1v) is 9.48. The number of carboxylic acid groups (broad SMARTS) is 1. The number of nitrogens with one attached hydrogen (secondary N) is 1. The number of aryl methyl sites for hydroxylation is 1. The fourth-order valence-electron chi connectivity index (χ4n) is 2.83. The summed E-state index contributed by atoms with van der Waals surface area (Å²) in [5, 5.41) is 23.1. The minimum atomic E-state index is -1.24. The van der Waals surface area contributed by atoms with Crippen LogP contribution in [0.15, 0.2) is 78.4 Å². The van der Waals surface area contributed by atoms with E-state index in [0.717, 1.165) is 5.56 Å². The van der Waals surface area contributed by atoms with E-state index >= 15 is 0 Å². The zero-order valence-electron chi connectivity index (χ0n) is 16.8. The molecule has 0 fully saturated rings. The number of rotatable bonds is 7. The molecule has 154 valence electrons. The largest absolute Gasteiger partial charge is 0.545 e. The average Bonchev–Trinajstić information content (AvgIpc) is 2.78. The van der Waals surface area contributed by atoms with Gasteiger partial charge >= 0.3 is 0 Å². The zero-order valence-corrected chi connectivity index (χ0v) is 16.8. The third-order valence-corrected chi connectivity index (χ3v) is 4.52. The van der Waals surface area contributed by atoms with E-state index in [1.165, 1.54) is 18.2 Å². The first kappa shape index (κ1) is 21.3. The van der Waals surface area contributed by atoms with Gasteiger partial charge < -0.3 is 20.0 Å². The summed E-state index contributed by atoms with van der Waals surface area (Å²) >= 11 is 0. The van der Waals surface area contributed by atoms with Crippen LogP contribution in [0.4, 0.5) is 5.69 Å². The molecule has 0 bridgehead atoms. The molecule has 0 radical (unpaired) electrons. The molecule has 0 aliphatic carbocycles. The lowest BCUT2D eigenvalue weighted by Gasteiger charge is -2.09. The molecular weight excluding hydrogens is 392 g/mol. The SMILES string of the molecule is Cc1ccccc1NC(=O)/C(C#N)=C/c1ccc(OCc2cccc(C(=O)[O-])c2)cc1. The predicted molar refractivity (Wildman–Crippen MR) is 115 cm³/mol. The molecule has 3 rings (SSSR count). The number of anilines is 1. The van der Waals surface area contributed by atoms with Crippen LogP contribution in [0.5, 0.6) is 5.75 Å². The van der Waals surface area contributed by atoms with Crippen LogP contribution < -0.4 is 15.2 Å². The fourth-order valence-corrected chi connectivity index (χ4v) is 2.83. The number of para-hydroxylation sites is 1. The van der Waals surface area contributed by atoms with Gasteiger partial charge in [-0.25, -0.2) is 0 Å². The van der Waals surface area contributed by atoms with Crippen molar-refractivity contribution in [2.24, 2.45) is 0 Å². The molecule has 3 aromatic rings. The van der Waals surface area contributed by atoms with Gasteiger partial charge in [-0.15, -0.1) is 0 Å². The van der Waals surface area contributed by atoms with E-state index in [1.54, 1.807) is 42.5 Å². The van der Waals surface area contributed by atoms with E-state index in [2.05, 4.69) is 5.32 Å². The van der Waals surface area contributed by atoms with Crippen LogP contribution in [-0.4, -0.2) is 11.9 Å². The predicted octanol–water partition coefficient (Wildman–Crippen LogP) is 3.48. The van der Waals surface area contributed by atoms with Crippen LogP contribution >= 0.6 is 0 Å². The summed E-state index contributed by atoms with van der Waals surface area (Å²) in [7, 11) is 0. The zero-order chi connectivity index (χ0) is 22.2. The molecule has 0 heterocycles. The second-order valence-electron chi connectivity index (χ2n) is 6.78. The number of carbonyl (C=O) groups is 2. The Bertz CT molecular complexity index is 1170. The van der Waals surface area contributed by atoms with E-state index in [1.807, 2.05) is 31.2 Å². The van der Waals surface area contributed by atoms with Crippen LogP contribution in [-0.2, 0) is 11.4 Å². The number of nitriles is 1. The quantitative estimate of drug-likeness (QED) is 0.474. The Morgan fingerprint density at radius 3 is 2.48 bits per heavy atom. The molecule has 0 spiro atoms. The third-order valence-electron chi connectivity index (χ3n) is 4.52. The topological polar surface area (TPSA) is 102 Å². The molecule has 0 aliphatic heterocycles. The molecule has 0 saturated heterocycles. The second kappa shape index (κ2) is 9.90. The van der Waals surface area contributed by atoms with Crippen molar-refractivity contribution in [2.75, 3.05) is 5.32 Å². The highest BCUT2D eigenvalue weighted by Gasteiger charge is 2.10. The van der Waals surface area contributed by atoms with Gasteiger partial charge in [-0.1, -0.05) is 48.5 Å². The van der Waals surface area contributed by atoms with Gasteiger partial charge in [0.1, 0.15) is 24.0 Å². The maximum absolute atomic E-state index is 12.4. The lowest BCUT2D eigenvalue weighted by molar-refractivity contribution is -0.255. The number of nitrogens with zero attached hydrogens (tertiary/aromatic N) is 1. The van der Waals surface area contributed by atoms with Crippen LogP contribution in [0.3, 0.4) is 0 Å². The van der Waals surface area contributed by atoms with Gasteiger partial charge in [0.05, 0.1) is 5.97 Å². The molecule has 1 N–H and O–H groups in total. The summed E-state index contributed by atoms with van der Waals surface area (Å²) in [6.45, 7) is 2.07. The van der Waals surface area contributed by atoms with Crippen LogP contribution in [0.1, 0.15) is 27.0 Å². The van der Waals surface area contributed by atoms with Crippen LogP contribution in [0, 0.1) is 18.3 Å². The smallest absolute Gasteiger partial charge is 0.266 e. The van der Waals surface area contributed by atoms with Crippen molar-refractivity contribution < 1.29 is 19.4 Å². The minimum absolute atomic E-state index is 0.0176. The number of amides is 1. The number of carboxylic acids is 1. The van der Waals surface area contributed by atoms with Gasteiger partial charge in [0.25, 0.3) is 5.91 Å². The number of carbonyl (C=O) groups excluding carboxylic acids is 2. The molecule has 6 nitrogen and oxygen atoms in total. The lowest BCUT2D eigenvalue weighted by atomic mass is 10.1. The second-order valence-corrected chi connectivity index (χ2v) is 6.78. The van der Waals surface area contributed by atoms with Gasteiger partial charge in [0.15, 0.2) is 0 Å². The van der Waals surface area contributed by atoms with Crippen LogP contribution in [0.25, 0.3) is 6.08 Å². The molecule has 31 heavy (non-hydrogen) atoms. The van der Waals surface area contributed by atoms with Gasteiger partial charge in [-0.3, -0.25) is 4.79 Å². The minimum Gasteiger partial charge on any atom is -0.545 e. The summed E-state index contributed by atoms with van der Waals surface area (Å²) in [5.74, 6) is -1.15. The van der Waals surface area contributed by atoms with Crippen molar-refractivity contribution in [2.45, 2.75) is 13.5 Å². The summed E-state index contributed by atoms with van der Waals surface area (Å²) in [6, 6.07) is 22.5. The summed E-state index contributed by atoms with van der Waals surface area (Å²) < 4.78 is 5.67. The molecule has 0 unspecified atom stereocenters. The Kier molecular flexibility index (Phi) is 6.82. The molecule has 0 atom stereocenters. The molecule has 1 amide bonds. The summed E-state index contributed by atoms with van der Waals surface area (Å²) in [4.78, 5) is 23.4.